The number of hydrogen-bond acceptors (Lipinski definition) is 2. The van der Waals surface area contributed by atoms with Crippen LogP contribution in [0.4, 0.5) is 0 Å². The molecule has 2 N–H and O–H groups in total. The molecule has 2 atom stereocenters. The maximum Gasteiger partial charge on any atom is 0.0951 e. The van der Waals surface area contributed by atoms with E-state index in [9.17, 15) is 0 Å². The van der Waals surface area contributed by atoms with Crippen molar-refractivity contribution in [2.45, 2.75) is 45.6 Å². The Balaban J connectivity index is 2.90. The summed E-state index contributed by atoms with van der Waals surface area (Å²) in [5, 5.41) is 0. The predicted molar refractivity (Wildman–Crippen MR) is 59.3 cm³/mol. The van der Waals surface area contributed by atoms with Crippen molar-refractivity contribution in [1.29, 1.82) is 0 Å². The van der Waals surface area contributed by atoms with Gasteiger partial charge in [0.05, 0.1) is 6.33 Å². The average molecular weight is 195 g/mol. The van der Waals surface area contributed by atoms with Crippen molar-refractivity contribution in [3.05, 3.63) is 18.2 Å². The highest BCUT2D eigenvalue weighted by molar-refractivity contribution is 5.06. The van der Waals surface area contributed by atoms with Crippen molar-refractivity contribution in [1.82, 2.24) is 9.55 Å². The SMILES string of the molecule is CCC(C)c1cncn1C(CC)CN. The second-order valence-electron chi connectivity index (χ2n) is 3.83. The molecule has 80 valence electrons. The zero-order valence-corrected chi connectivity index (χ0v) is 9.40. The molecule has 1 aromatic rings. The fourth-order valence-electron chi connectivity index (χ4n) is 1.69. The molecule has 14 heavy (non-hydrogen) atoms. The van der Waals surface area contributed by atoms with Gasteiger partial charge in [-0.15, -0.1) is 0 Å². The van der Waals surface area contributed by atoms with E-state index in [1.807, 2.05) is 12.5 Å². The van der Waals surface area contributed by atoms with E-state index in [-0.39, 0.29) is 0 Å². The van der Waals surface area contributed by atoms with Crippen LogP contribution in [0.5, 0.6) is 0 Å². The van der Waals surface area contributed by atoms with Crippen LogP contribution in [0, 0.1) is 0 Å². The summed E-state index contributed by atoms with van der Waals surface area (Å²) in [4.78, 5) is 4.22. The molecule has 0 aliphatic heterocycles. The number of nitrogens with two attached hydrogens (primary N) is 1. The van der Waals surface area contributed by atoms with Crippen molar-refractivity contribution in [3.63, 3.8) is 0 Å². The Labute approximate surface area is 86.3 Å². The van der Waals surface area contributed by atoms with Gasteiger partial charge in [0.2, 0.25) is 0 Å². The van der Waals surface area contributed by atoms with E-state index in [1.165, 1.54) is 5.69 Å². The van der Waals surface area contributed by atoms with Gasteiger partial charge >= 0.3 is 0 Å². The molecule has 0 aromatic carbocycles. The number of aromatic nitrogens is 2. The van der Waals surface area contributed by atoms with Gasteiger partial charge in [-0.05, 0) is 18.8 Å². The van der Waals surface area contributed by atoms with E-state index < -0.39 is 0 Å². The zero-order chi connectivity index (χ0) is 10.6. The van der Waals surface area contributed by atoms with Gasteiger partial charge in [-0.3, -0.25) is 0 Å². The largest absolute Gasteiger partial charge is 0.330 e. The standard InChI is InChI=1S/C11H21N3/c1-4-9(3)11-7-13-8-14(11)10(5-2)6-12/h7-10H,4-6,12H2,1-3H3. The number of hydrogen-bond donors (Lipinski definition) is 1. The van der Waals surface area contributed by atoms with Gasteiger partial charge in [0, 0.05) is 24.5 Å². The molecule has 0 bridgehead atoms. The van der Waals surface area contributed by atoms with E-state index in [2.05, 4.69) is 30.3 Å². The summed E-state index contributed by atoms with van der Waals surface area (Å²) in [6, 6.07) is 0.404. The third-order valence-corrected chi connectivity index (χ3v) is 2.95. The molecule has 0 fully saturated rings. The van der Waals surface area contributed by atoms with E-state index in [1.54, 1.807) is 0 Å². The molecule has 0 saturated heterocycles. The fraction of sp³-hybridized carbons (Fsp3) is 0.727. The molecule has 3 nitrogen and oxygen atoms in total. The van der Waals surface area contributed by atoms with Gasteiger partial charge in [0.1, 0.15) is 0 Å². The first kappa shape index (κ1) is 11.2. The summed E-state index contributed by atoms with van der Waals surface area (Å²) in [6.45, 7) is 7.29. The van der Waals surface area contributed by atoms with Gasteiger partial charge in [-0.1, -0.05) is 20.8 Å². The Kier molecular flexibility index (Phi) is 4.14. The topological polar surface area (TPSA) is 43.8 Å². The highest BCUT2D eigenvalue weighted by atomic mass is 15.1. The maximum atomic E-state index is 5.74. The number of nitrogens with zero attached hydrogens (tertiary/aromatic N) is 2. The smallest absolute Gasteiger partial charge is 0.0951 e. The molecule has 2 unspecified atom stereocenters. The Morgan fingerprint density at radius 3 is 2.64 bits per heavy atom. The van der Waals surface area contributed by atoms with Gasteiger partial charge < -0.3 is 10.3 Å². The number of imidazole rings is 1. The van der Waals surface area contributed by atoms with Crippen molar-refractivity contribution < 1.29 is 0 Å². The predicted octanol–water partition coefficient (Wildman–Crippen LogP) is 2.31. The second kappa shape index (κ2) is 5.15. The van der Waals surface area contributed by atoms with Crippen LogP contribution in [0.1, 0.15) is 51.3 Å². The first-order valence-electron chi connectivity index (χ1n) is 5.46. The van der Waals surface area contributed by atoms with Crippen LogP contribution in [0.2, 0.25) is 0 Å². The van der Waals surface area contributed by atoms with Gasteiger partial charge in [0.25, 0.3) is 0 Å². The molecule has 0 saturated carbocycles. The molecular weight excluding hydrogens is 174 g/mol. The lowest BCUT2D eigenvalue weighted by atomic mass is 10.0. The van der Waals surface area contributed by atoms with Crippen LogP contribution in [-0.2, 0) is 0 Å². The Morgan fingerprint density at radius 1 is 1.43 bits per heavy atom. The van der Waals surface area contributed by atoms with E-state index in [0.717, 1.165) is 12.8 Å². The lowest BCUT2D eigenvalue weighted by Gasteiger charge is -2.20. The van der Waals surface area contributed by atoms with E-state index >= 15 is 0 Å². The highest BCUT2D eigenvalue weighted by Gasteiger charge is 2.14. The van der Waals surface area contributed by atoms with E-state index in [0.29, 0.717) is 18.5 Å². The van der Waals surface area contributed by atoms with Gasteiger partial charge in [-0.25, -0.2) is 4.98 Å². The molecule has 3 heteroatoms. The lowest BCUT2D eigenvalue weighted by molar-refractivity contribution is 0.467. The molecule has 0 aliphatic carbocycles. The highest BCUT2D eigenvalue weighted by Crippen LogP contribution is 2.22. The zero-order valence-electron chi connectivity index (χ0n) is 9.40. The molecule has 1 rings (SSSR count). The normalized spacial score (nSPS) is 15.4. The van der Waals surface area contributed by atoms with Crippen LogP contribution in [-0.4, -0.2) is 16.1 Å². The summed E-state index contributed by atoms with van der Waals surface area (Å²) < 4.78 is 2.23. The molecule has 0 amide bonds. The second-order valence-corrected chi connectivity index (χ2v) is 3.83. The molecule has 0 radical (unpaired) electrons. The minimum absolute atomic E-state index is 0.404. The van der Waals surface area contributed by atoms with Crippen molar-refractivity contribution >= 4 is 0 Å². The minimum atomic E-state index is 0.404. The third-order valence-electron chi connectivity index (χ3n) is 2.95. The first-order valence-corrected chi connectivity index (χ1v) is 5.46. The maximum absolute atomic E-state index is 5.74. The van der Waals surface area contributed by atoms with Crippen LogP contribution >= 0.6 is 0 Å². The van der Waals surface area contributed by atoms with Crippen molar-refractivity contribution in [2.24, 2.45) is 5.73 Å². The Bertz CT molecular complexity index is 263. The van der Waals surface area contributed by atoms with Gasteiger partial charge in [0.15, 0.2) is 0 Å². The summed E-state index contributed by atoms with van der Waals surface area (Å²) >= 11 is 0. The molecule has 0 spiro atoms. The third kappa shape index (κ3) is 2.15. The van der Waals surface area contributed by atoms with Crippen LogP contribution in [0.15, 0.2) is 12.5 Å². The van der Waals surface area contributed by atoms with Gasteiger partial charge in [-0.2, -0.15) is 0 Å². The quantitative estimate of drug-likeness (QED) is 0.783. The van der Waals surface area contributed by atoms with E-state index in [4.69, 9.17) is 5.73 Å². The molecule has 1 heterocycles. The molecular formula is C11H21N3. The average Bonchev–Trinajstić information content (AvgIpc) is 2.68. The monoisotopic (exact) mass is 195 g/mol. The molecule has 1 aromatic heterocycles. The summed E-state index contributed by atoms with van der Waals surface area (Å²) in [5.41, 5.74) is 7.05. The van der Waals surface area contributed by atoms with Crippen LogP contribution < -0.4 is 5.73 Å². The summed E-state index contributed by atoms with van der Waals surface area (Å²) in [6.07, 6.45) is 6.08. The minimum Gasteiger partial charge on any atom is -0.330 e. The summed E-state index contributed by atoms with van der Waals surface area (Å²) in [7, 11) is 0. The van der Waals surface area contributed by atoms with Crippen molar-refractivity contribution in [2.75, 3.05) is 6.54 Å². The first-order chi connectivity index (χ1) is 6.74. The van der Waals surface area contributed by atoms with Crippen molar-refractivity contribution in [3.8, 4) is 0 Å². The molecule has 0 aliphatic rings. The fourth-order valence-corrected chi connectivity index (χ4v) is 1.69. The summed E-state index contributed by atoms with van der Waals surface area (Å²) in [5.74, 6) is 0.568. The Morgan fingerprint density at radius 2 is 2.14 bits per heavy atom. The Hall–Kier alpha value is -0.830. The lowest BCUT2D eigenvalue weighted by Crippen LogP contribution is -2.20. The van der Waals surface area contributed by atoms with Crippen LogP contribution in [0.3, 0.4) is 0 Å². The number of rotatable bonds is 5. The van der Waals surface area contributed by atoms with Crippen LogP contribution in [0.25, 0.3) is 0 Å².